The summed E-state index contributed by atoms with van der Waals surface area (Å²) < 4.78 is 14.2. The highest BCUT2D eigenvalue weighted by Crippen LogP contribution is 2.39. The molecule has 0 fully saturated rings. The first-order chi connectivity index (χ1) is 12.1. The molecule has 0 saturated heterocycles. The van der Waals surface area contributed by atoms with E-state index in [2.05, 4.69) is 88.7 Å². The van der Waals surface area contributed by atoms with Crippen molar-refractivity contribution in [2.24, 2.45) is 0 Å². The third-order valence-electron chi connectivity index (χ3n) is 4.71. The number of hydrogen-bond donors (Lipinski definition) is 0. The first-order valence-electron chi connectivity index (χ1n) is 9.29. The summed E-state index contributed by atoms with van der Waals surface area (Å²) in [5.74, 6) is 1.74. The minimum absolute atomic E-state index is 0.133. The van der Waals surface area contributed by atoms with Crippen LogP contribution < -0.4 is 8.85 Å². The van der Waals surface area contributed by atoms with Gasteiger partial charge in [-0.3, -0.25) is 0 Å². The fourth-order valence-electron chi connectivity index (χ4n) is 3.07. The van der Waals surface area contributed by atoms with Gasteiger partial charge in [0.1, 0.15) is 11.5 Å². The van der Waals surface area contributed by atoms with Crippen LogP contribution in [0.2, 0.25) is 11.1 Å². The van der Waals surface area contributed by atoms with Gasteiger partial charge in [0.15, 0.2) is 0 Å². The molecule has 0 bridgehead atoms. The highest BCUT2D eigenvalue weighted by molar-refractivity contribution is 9.10. The summed E-state index contributed by atoms with van der Waals surface area (Å²) in [6.45, 7) is 15.5. The Labute approximate surface area is 168 Å². The average molecular weight is 435 g/mol. The second kappa shape index (κ2) is 8.18. The molecule has 0 heterocycles. The fourth-order valence-corrected chi connectivity index (χ4v) is 6.92. The van der Waals surface area contributed by atoms with Crippen molar-refractivity contribution in [3.8, 4) is 11.5 Å². The van der Waals surface area contributed by atoms with E-state index in [9.17, 15) is 0 Å². The lowest BCUT2D eigenvalue weighted by Crippen LogP contribution is -2.54. The molecule has 0 aliphatic heterocycles. The van der Waals surface area contributed by atoms with E-state index in [-0.39, 0.29) is 5.41 Å². The van der Waals surface area contributed by atoms with Crippen molar-refractivity contribution in [1.29, 1.82) is 0 Å². The quantitative estimate of drug-likeness (QED) is 0.438. The molecule has 0 unspecified atom stereocenters. The summed E-state index contributed by atoms with van der Waals surface area (Å²) in [6.07, 6.45) is 0. The molecule has 0 saturated carbocycles. The maximum atomic E-state index is 6.65. The minimum atomic E-state index is -2.56. The largest absolute Gasteiger partial charge is 0.512 e. The lowest BCUT2D eigenvalue weighted by Gasteiger charge is -2.38. The van der Waals surface area contributed by atoms with Gasteiger partial charge in [-0.25, -0.2) is 0 Å². The Bertz CT molecular complexity index is 710. The Morgan fingerprint density at radius 2 is 1.35 bits per heavy atom. The summed E-state index contributed by atoms with van der Waals surface area (Å²) in [4.78, 5) is 0. The summed E-state index contributed by atoms with van der Waals surface area (Å²) in [5, 5.41) is 0. The molecule has 4 heteroatoms. The molecule has 0 N–H and O–H groups in total. The molecule has 0 amide bonds. The molecule has 0 aliphatic carbocycles. The Kier molecular flexibility index (Phi) is 6.62. The third kappa shape index (κ3) is 4.71. The molecule has 2 aromatic rings. The summed E-state index contributed by atoms with van der Waals surface area (Å²) in [5.41, 5.74) is 2.04. The van der Waals surface area contributed by atoms with Gasteiger partial charge in [-0.2, -0.15) is 0 Å². The Morgan fingerprint density at radius 1 is 0.808 bits per heavy atom. The standard InChI is InChI=1S/C22H31BrO2Si/c1-16(2)26(17(3)4,25-21-11-9-8-10-20(21)23)24-19-14-12-18(13-15-19)22(5,6)7/h8-17H,1-7H3. The van der Waals surface area contributed by atoms with Gasteiger partial charge in [-0.1, -0.05) is 72.7 Å². The zero-order valence-electron chi connectivity index (χ0n) is 17.0. The topological polar surface area (TPSA) is 18.5 Å². The van der Waals surface area contributed by atoms with Gasteiger partial charge >= 0.3 is 8.56 Å². The van der Waals surface area contributed by atoms with Gasteiger partial charge in [-0.05, 0) is 51.2 Å². The summed E-state index contributed by atoms with van der Waals surface area (Å²) in [7, 11) is -2.56. The van der Waals surface area contributed by atoms with E-state index in [4.69, 9.17) is 8.85 Å². The lowest BCUT2D eigenvalue weighted by molar-refractivity contribution is 0.349. The average Bonchev–Trinajstić information content (AvgIpc) is 2.55. The van der Waals surface area contributed by atoms with Crippen molar-refractivity contribution < 1.29 is 8.85 Å². The first-order valence-corrected chi connectivity index (χ1v) is 12.1. The third-order valence-corrected chi connectivity index (χ3v) is 9.68. The smallest absolute Gasteiger partial charge is 0.465 e. The molecule has 0 atom stereocenters. The van der Waals surface area contributed by atoms with Crippen molar-refractivity contribution in [3.63, 3.8) is 0 Å². The van der Waals surface area contributed by atoms with Gasteiger partial charge < -0.3 is 8.85 Å². The minimum Gasteiger partial charge on any atom is -0.512 e. The van der Waals surface area contributed by atoms with Crippen LogP contribution >= 0.6 is 15.9 Å². The van der Waals surface area contributed by atoms with Crippen LogP contribution in [0.3, 0.4) is 0 Å². The molecule has 0 spiro atoms. The van der Waals surface area contributed by atoms with E-state index in [1.54, 1.807) is 0 Å². The zero-order valence-corrected chi connectivity index (χ0v) is 19.6. The molecule has 2 rings (SSSR count). The molecule has 0 aromatic heterocycles. The lowest BCUT2D eigenvalue weighted by atomic mass is 9.87. The zero-order chi connectivity index (χ0) is 19.5. The number of hydrogen-bond acceptors (Lipinski definition) is 2. The van der Waals surface area contributed by atoms with Crippen LogP contribution in [0.1, 0.15) is 54.0 Å². The maximum absolute atomic E-state index is 6.65. The second-order valence-corrected chi connectivity index (χ2v) is 13.5. The van der Waals surface area contributed by atoms with Gasteiger partial charge in [0.25, 0.3) is 0 Å². The molecule has 142 valence electrons. The Hall–Kier alpha value is -1.26. The monoisotopic (exact) mass is 434 g/mol. The van der Waals surface area contributed by atoms with Crippen LogP contribution in [-0.4, -0.2) is 8.56 Å². The van der Waals surface area contributed by atoms with E-state index in [0.717, 1.165) is 16.0 Å². The summed E-state index contributed by atoms with van der Waals surface area (Å²) >= 11 is 3.61. The molecular weight excluding hydrogens is 404 g/mol. The number of para-hydroxylation sites is 1. The van der Waals surface area contributed by atoms with Gasteiger partial charge in [0.05, 0.1) is 4.47 Å². The van der Waals surface area contributed by atoms with Crippen molar-refractivity contribution in [3.05, 3.63) is 58.6 Å². The van der Waals surface area contributed by atoms with E-state index >= 15 is 0 Å². The number of halogens is 1. The van der Waals surface area contributed by atoms with Crippen LogP contribution in [0.5, 0.6) is 11.5 Å². The molecule has 2 nitrogen and oxygen atoms in total. The SMILES string of the molecule is CC(C)[Si](Oc1ccc(C(C)(C)C)cc1)(Oc1ccccc1Br)C(C)C. The van der Waals surface area contributed by atoms with Crippen LogP contribution in [0.4, 0.5) is 0 Å². The highest BCUT2D eigenvalue weighted by Gasteiger charge is 2.49. The maximum Gasteiger partial charge on any atom is 0.465 e. The normalized spacial score (nSPS) is 12.5. The van der Waals surface area contributed by atoms with Gasteiger partial charge in [0.2, 0.25) is 0 Å². The van der Waals surface area contributed by atoms with Gasteiger partial charge in [-0.15, -0.1) is 0 Å². The Morgan fingerprint density at radius 3 is 1.81 bits per heavy atom. The summed E-state index contributed by atoms with van der Waals surface area (Å²) in [6, 6.07) is 16.5. The van der Waals surface area contributed by atoms with E-state index in [1.807, 2.05) is 24.3 Å². The van der Waals surface area contributed by atoms with Crippen molar-refractivity contribution in [2.75, 3.05) is 0 Å². The first kappa shape index (κ1) is 21.0. The molecule has 2 aromatic carbocycles. The molecule has 26 heavy (non-hydrogen) atoms. The molecule has 0 aliphatic rings. The molecular formula is C22H31BrO2Si. The van der Waals surface area contributed by atoms with Crippen molar-refractivity contribution in [2.45, 2.75) is 65.0 Å². The van der Waals surface area contributed by atoms with Crippen LogP contribution in [0, 0.1) is 0 Å². The molecule has 0 radical (unpaired) electrons. The van der Waals surface area contributed by atoms with Crippen molar-refractivity contribution in [1.82, 2.24) is 0 Å². The number of rotatable bonds is 6. The van der Waals surface area contributed by atoms with Crippen LogP contribution in [-0.2, 0) is 5.41 Å². The van der Waals surface area contributed by atoms with E-state index in [1.165, 1.54) is 5.56 Å². The van der Waals surface area contributed by atoms with E-state index < -0.39 is 8.56 Å². The van der Waals surface area contributed by atoms with E-state index in [0.29, 0.717) is 11.1 Å². The fraction of sp³-hybridized carbons (Fsp3) is 0.455. The predicted octanol–water partition coefficient (Wildman–Crippen LogP) is 7.47. The Balaban J connectivity index is 2.37. The predicted molar refractivity (Wildman–Crippen MR) is 116 cm³/mol. The van der Waals surface area contributed by atoms with Crippen LogP contribution in [0.15, 0.2) is 53.0 Å². The highest BCUT2D eigenvalue weighted by atomic mass is 79.9. The second-order valence-electron chi connectivity index (χ2n) is 8.44. The number of benzene rings is 2. The van der Waals surface area contributed by atoms with Crippen LogP contribution in [0.25, 0.3) is 0 Å². The van der Waals surface area contributed by atoms with Crippen molar-refractivity contribution >= 4 is 24.5 Å². The van der Waals surface area contributed by atoms with Gasteiger partial charge in [0, 0.05) is 11.1 Å².